The van der Waals surface area contributed by atoms with Crippen LogP contribution in [0.2, 0.25) is 0 Å². The molecule has 0 saturated heterocycles. The Morgan fingerprint density at radius 2 is 2.06 bits per heavy atom. The van der Waals surface area contributed by atoms with Gasteiger partial charge in [0.2, 0.25) is 0 Å². The van der Waals surface area contributed by atoms with Crippen LogP contribution in [0.3, 0.4) is 0 Å². The molecular formula is C25H22FN3O4. The van der Waals surface area contributed by atoms with Gasteiger partial charge in [0.25, 0.3) is 5.91 Å². The van der Waals surface area contributed by atoms with Gasteiger partial charge in [-0.05, 0) is 43.2 Å². The molecule has 0 aliphatic carbocycles. The van der Waals surface area contributed by atoms with Gasteiger partial charge >= 0.3 is 0 Å². The largest absolute Gasteiger partial charge is 0.493 e. The molecule has 0 fully saturated rings. The van der Waals surface area contributed by atoms with Crippen molar-refractivity contribution in [2.75, 3.05) is 7.11 Å². The molecule has 168 valence electrons. The van der Waals surface area contributed by atoms with Crippen LogP contribution in [0.5, 0.6) is 11.5 Å². The molecule has 33 heavy (non-hydrogen) atoms. The molecule has 4 rings (SSSR count). The zero-order valence-corrected chi connectivity index (χ0v) is 18.2. The Kier molecular flexibility index (Phi) is 6.08. The number of methoxy groups -OCH3 is 1. The lowest BCUT2D eigenvalue weighted by atomic mass is 10.0. The van der Waals surface area contributed by atoms with Gasteiger partial charge in [-0.2, -0.15) is 4.99 Å². The lowest BCUT2D eigenvalue weighted by Gasteiger charge is -2.23. The second-order valence-corrected chi connectivity index (χ2v) is 7.41. The highest BCUT2D eigenvalue weighted by Gasteiger charge is 2.34. The Balaban J connectivity index is 1.68. The average Bonchev–Trinajstić information content (AvgIpc) is 3.17. The van der Waals surface area contributed by atoms with Crippen molar-refractivity contribution in [3.63, 3.8) is 0 Å². The van der Waals surface area contributed by atoms with E-state index in [-0.39, 0.29) is 29.7 Å². The number of ether oxygens (including phenoxy) is 2. The molecule has 0 saturated carbocycles. The van der Waals surface area contributed by atoms with Crippen molar-refractivity contribution in [2.24, 2.45) is 4.99 Å². The number of nitrogens with zero attached hydrogens (tertiary/aromatic N) is 2. The summed E-state index contributed by atoms with van der Waals surface area (Å²) in [6.45, 7) is 5.53. The van der Waals surface area contributed by atoms with Gasteiger partial charge in [0.05, 0.1) is 12.7 Å². The van der Waals surface area contributed by atoms with Crippen LogP contribution in [0, 0.1) is 11.2 Å². The fourth-order valence-corrected chi connectivity index (χ4v) is 3.52. The number of carbonyl (C=O) groups excluding carboxylic acids is 1. The van der Waals surface area contributed by atoms with Crippen LogP contribution in [-0.4, -0.2) is 29.8 Å². The summed E-state index contributed by atoms with van der Waals surface area (Å²) >= 11 is 0. The van der Waals surface area contributed by atoms with Crippen LogP contribution < -0.4 is 9.47 Å². The maximum absolute atomic E-state index is 14.0. The highest BCUT2D eigenvalue weighted by molar-refractivity contribution is 6.32. The molecule has 0 bridgehead atoms. The lowest BCUT2D eigenvalue weighted by Crippen LogP contribution is -2.38. The topological polar surface area (TPSA) is 84.2 Å². The minimum absolute atomic E-state index is 0.0207. The molecule has 2 aromatic carbocycles. The first-order chi connectivity index (χ1) is 15.9. The Morgan fingerprint density at radius 1 is 1.27 bits per heavy atom. The molecule has 1 amide bonds. The number of hydrogen-bond donors (Lipinski definition) is 1. The van der Waals surface area contributed by atoms with Crippen LogP contribution in [0.4, 0.5) is 4.39 Å². The summed E-state index contributed by atoms with van der Waals surface area (Å²) in [6.07, 6.45) is 5.30. The number of fused-ring (bicyclic) bond motifs is 1. The van der Waals surface area contributed by atoms with Crippen molar-refractivity contribution >= 4 is 23.7 Å². The Bertz CT molecular complexity index is 1250. The van der Waals surface area contributed by atoms with E-state index in [2.05, 4.69) is 11.6 Å². The summed E-state index contributed by atoms with van der Waals surface area (Å²) < 4.78 is 25.5. The Hall–Kier alpha value is -4.20. The number of halogens is 1. The van der Waals surface area contributed by atoms with Gasteiger partial charge in [0.15, 0.2) is 23.2 Å². The van der Waals surface area contributed by atoms with E-state index in [0.29, 0.717) is 34.8 Å². The van der Waals surface area contributed by atoms with Gasteiger partial charge in [-0.15, -0.1) is 11.6 Å². The molecule has 0 atom stereocenters. The minimum Gasteiger partial charge on any atom is -0.493 e. The number of aliphatic imine (C=N–C) groups is 1. The van der Waals surface area contributed by atoms with Gasteiger partial charge < -0.3 is 14.3 Å². The van der Waals surface area contributed by atoms with Crippen molar-refractivity contribution in [2.45, 2.75) is 20.0 Å². The third-order valence-electron chi connectivity index (χ3n) is 5.06. The van der Waals surface area contributed by atoms with Gasteiger partial charge in [-0.25, -0.2) is 4.39 Å². The van der Waals surface area contributed by atoms with Crippen molar-refractivity contribution in [1.82, 2.24) is 5.06 Å². The molecule has 0 unspecified atom stereocenters. The molecule has 2 aliphatic heterocycles. The van der Waals surface area contributed by atoms with E-state index in [1.807, 2.05) is 6.07 Å². The van der Waals surface area contributed by atoms with Gasteiger partial charge in [0, 0.05) is 17.2 Å². The second-order valence-electron chi connectivity index (χ2n) is 7.41. The SMILES string of the molecule is C=CCc1cc(/C=C2\C(=N)N3OC(C)=CC3=NC2=O)cc(OC)c1OCc1ccccc1F. The highest BCUT2D eigenvalue weighted by atomic mass is 19.1. The summed E-state index contributed by atoms with van der Waals surface area (Å²) in [5.41, 5.74) is 1.84. The lowest BCUT2D eigenvalue weighted by molar-refractivity contribution is -0.114. The van der Waals surface area contributed by atoms with Crippen LogP contribution in [-0.2, 0) is 22.7 Å². The zero-order valence-electron chi connectivity index (χ0n) is 18.2. The summed E-state index contributed by atoms with van der Waals surface area (Å²) in [4.78, 5) is 22.0. The summed E-state index contributed by atoms with van der Waals surface area (Å²) in [6, 6.07) is 9.88. The molecule has 1 N–H and O–H groups in total. The van der Waals surface area contributed by atoms with Crippen molar-refractivity contribution in [3.8, 4) is 11.5 Å². The van der Waals surface area contributed by atoms with E-state index >= 15 is 0 Å². The standard InChI is InChI=1S/C25H22FN3O4/c1-4-7-17-11-16(12-19-24(27)29-22(28-25(19)30)10-15(2)33-29)13-21(31-3)23(17)32-14-18-8-5-6-9-20(18)26/h4-6,8-13,27H,1,7,14H2,2-3H3/b19-12+,27-24?. The van der Waals surface area contributed by atoms with Crippen LogP contribution in [0.25, 0.3) is 6.08 Å². The third kappa shape index (κ3) is 4.41. The van der Waals surface area contributed by atoms with E-state index in [4.69, 9.17) is 19.7 Å². The summed E-state index contributed by atoms with van der Waals surface area (Å²) in [5.74, 6) is 0.681. The number of amidine groups is 2. The number of hydrogen-bond acceptors (Lipinski definition) is 5. The molecule has 0 aromatic heterocycles. The molecule has 0 spiro atoms. The summed E-state index contributed by atoms with van der Waals surface area (Å²) in [7, 11) is 1.50. The third-order valence-corrected chi connectivity index (χ3v) is 5.06. The van der Waals surface area contributed by atoms with Crippen LogP contribution in [0.1, 0.15) is 23.6 Å². The second kappa shape index (κ2) is 9.12. The molecule has 8 heteroatoms. The van der Waals surface area contributed by atoms with Crippen molar-refractivity contribution < 1.29 is 23.5 Å². The Morgan fingerprint density at radius 3 is 2.79 bits per heavy atom. The maximum atomic E-state index is 14.0. The number of hydroxylamine groups is 2. The maximum Gasteiger partial charge on any atom is 0.282 e. The molecule has 2 aromatic rings. The number of rotatable bonds is 7. The molecule has 7 nitrogen and oxygen atoms in total. The quantitative estimate of drug-likeness (QED) is 0.496. The first-order valence-corrected chi connectivity index (χ1v) is 10.2. The number of benzene rings is 2. The van der Waals surface area contributed by atoms with E-state index in [1.165, 1.54) is 18.2 Å². The monoisotopic (exact) mass is 447 g/mol. The molecule has 2 aliphatic rings. The molecular weight excluding hydrogens is 425 g/mol. The van der Waals surface area contributed by atoms with E-state index in [0.717, 1.165) is 5.56 Å². The smallest absolute Gasteiger partial charge is 0.282 e. The molecule has 0 radical (unpaired) electrons. The first kappa shape index (κ1) is 22.0. The zero-order chi connectivity index (χ0) is 23.5. The Labute approximate surface area is 190 Å². The van der Waals surface area contributed by atoms with Gasteiger partial charge in [0.1, 0.15) is 18.2 Å². The van der Waals surface area contributed by atoms with Crippen LogP contribution in [0.15, 0.2) is 71.5 Å². The average molecular weight is 447 g/mol. The first-order valence-electron chi connectivity index (χ1n) is 10.2. The van der Waals surface area contributed by atoms with E-state index < -0.39 is 5.91 Å². The number of carbonyl (C=O) groups is 1. The number of allylic oxidation sites excluding steroid dienone is 2. The van der Waals surface area contributed by atoms with E-state index in [9.17, 15) is 9.18 Å². The predicted octanol–water partition coefficient (Wildman–Crippen LogP) is 4.59. The number of nitrogens with one attached hydrogen (secondary N) is 1. The van der Waals surface area contributed by atoms with Gasteiger partial charge in [-0.1, -0.05) is 24.3 Å². The van der Waals surface area contributed by atoms with Gasteiger partial charge in [-0.3, -0.25) is 10.2 Å². The minimum atomic E-state index is -0.537. The molecule has 2 heterocycles. The number of amides is 1. The highest BCUT2D eigenvalue weighted by Crippen LogP contribution is 2.35. The summed E-state index contributed by atoms with van der Waals surface area (Å²) in [5, 5.41) is 9.59. The van der Waals surface area contributed by atoms with Crippen molar-refractivity contribution in [1.29, 1.82) is 5.41 Å². The van der Waals surface area contributed by atoms with Crippen LogP contribution >= 0.6 is 0 Å². The fourth-order valence-electron chi connectivity index (χ4n) is 3.52. The fraction of sp³-hybridized carbons (Fsp3) is 0.160. The normalized spacial score (nSPS) is 16.2. The van der Waals surface area contributed by atoms with Crippen molar-refractivity contribution in [3.05, 3.63) is 89.0 Å². The predicted molar refractivity (Wildman–Crippen MR) is 122 cm³/mol. The van der Waals surface area contributed by atoms with E-state index in [1.54, 1.807) is 49.4 Å².